The molecule has 0 unspecified atom stereocenters. The van der Waals surface area contributed by atoms with Gasteiger partial charge in [0.05, 0.1) is 16.1 Å². The SMILES string of the molecule is Cc1ncsc1-c1ccc(CNC(=O)[C@@H]2CCCN2C(=O)[C@@H](NC(=O)CCC(C)C)c2cccs2)cc1. The first-order valence-corrected chi connectivity index (χ1v) is 14.5. The smallest absolute Gasteiger partial charge is 0.251 e. The Balaban J connectivity index is 1.39. The van der Waals surface area contributed by atoms with Crippen LogP contribution in [0.15, 0.2) is 47.3 Å². The first-order chi connectivity index (χ1) is 17.8. The van der Waals surface area contributed by atoms with Crippen molar-refractivity contribution in [2.24, 2.45) is 5.92 Å². The minimum absolute atomic E-state index is 0.141. The molecule has 3 amide bonds. The molecule has 3 heterocycles. The van der Waals surface area contributed by atoms with Crippen LogP contribution in [0.5, 0.6) is 0 Å². The Kier molecular flexibility index (Phi) is 9.10. The Hall–Kier alpha value is -3.04. The Labute approximate surface area is 226 Å². The Morgan fingerprint density at radius 2 is 1.92 bits per heavy atom. The second-order valence-electron chi connectivity index (χ2n) is 9.82. The number of thiophene rings is 1. The van der Waals surface area contributed by atoms with Gasteiger partial charge in [-0.1, -0.05) is 44.2 Å². The molecule has 0 radical (unpaired) electrons. The van der Waals surface area contributed by atoms with Crippen molar-refractivity contribution >= 4 is 40.4 Å². The fourth-order valence-electron chi connectivity index (χ4n) is 4.49. The quantitative estimate of drug-likeness (QED) is 0.377. The minimum atomic E-state index is -0.768. The van der Waals surface area contributed by atoms with E-state index in [-0.39, 0.29) is 17.7 Å². The van der Waals surface area contributed by atoms with Crippen LogP contribution < -0.4 is 10.6 Å². The topological polar surface area (TPSA) is 91.4 Å². The number of carbonyl (C=O) groups excluding carboxylic acids is 3. The number of aromatic nitrogens is 1. The number of nitrogens with zero attached hydrogens (tertiary/aromatic N) is 2. The van der Waals surface area contributed by atoms with E-state index in [2.05, 4.69) is 29.5 Å². The molecule has 1 aromatic carbocycles. The first kappa shape index (κ1) is 27.0. The lowest BCUT2D eigenvalue weighted by Gasteiger charge is -2.28. The third kappa shape index (κ3) is 6.84. The average Bonchev–Trinajstić information content (AvgIpc) is 3.66. The van der Waals surface area contributed by atoms with Gasteiger partial charge in [0.15, 0.2) is 0 Å². The Morgan fingerprint density at radius 3 is 2.57 bits per heavy atom. The van der Waals surface area contributed by atoms with E-state index in [0.29, 0.717) is 31.8 Å². The van der Waals surface area contributed by atoms with E-state index in [9.17, 15) is 14.4 Å². The zero-order valence-electron chi connectivity index (χ0n) is 21.5. The Morgan fingerprint density at radius 1 is 1.14 bits per heavy atom. The molecule has 3 aromatic rings. The molecule has 2 N–H and O–H groups in total. The number of nitrogens with one attached hydrogen (secondary N) is 2. The van der Waals surface area contributed by atoms with Crippen LogP contribution in [0, 0.1) is 12.8 Å². The summed E-state index contributed by atoms with van der Waals surface area (Å²) >= 11 is 3.05. The molecule has 1 fully saturated rings. The lowest BCUT2D eigenvalue weighted by molar-refractivity contribution is -0.141. The van der Waals surface area contributed by atoms with Gasteiger partial charge >= 0.3 is 0 Å². The normalized spacial score (nSPS) is 16.1. The van der Waals surface area contributed by atoms with E-state index in [1.807, 2.05) is 54.2 Å². The van der Waals surface area contributed by atoms with E-state index in [1.165, 1.54) is 11.3 Å². The highest BCUT2D eigenvalue weighted by atomic mass is 32.1. The summed E-state index contributed by atoms with van der Waals surface area (Å²) < 4.78 is 0. The van der Waals surface area contributed by atoms with Gasteiger partial charge < -0.3 is 15.5 Å². The summed E-state index contributed by atoms with van der Waals surface area (Å²) in [7, 11) is 0. The fraction of sp³-hybridized carbons (Fsp3) is 0.429. The van der Waals surface area contributed by atoms with Crippen LogP contribution in [0.2, 0.25) is 0 Å². The van der Waals surface area contributed by atoms with E-state index in [0.717, 1.165) is 39.4 Å². The van der Waals surface area contributed by atoms with Crippen LogP contribution in [0.4, 0.5) is 0 Å². The number of rotatable bonds is 10. The highest BCUT2D eigenvalue weighted by molar-refractivity contribution is 7.13. The van der Waals surface area contributed by atoms with E-state index in [1.54, 1.807) is 16.2 Å². The zero-order valence-corrected chi connectivity index (χ0v) is 23.2. The zero-order chi connectivity index (χ0) is 26.4. The van der Waals surface area contributed by atoms with Crippen molar-refractivity contribution in [2.75, 3.05) is 6.54 Å². The molecule has 4 rings (SSSR count). The van der Waals surface area contributed by atoms with Crippen molar-refractivity contribution < 1.29 is 14.4 Å². The highest BCUT2D eigenvalue weighted by Gasteiger charge is 2.38. The molecule has 1 aliphatic heterocycles. The van der Waals surface area contributed by atoms with Crippen molar-refractivity contribution in [3.05, 3.63) is 63.4 Å². The highest BCUT2D eigenvalue weighted by Crippen LogP contribution is 2.28. The van der Waals surface area contributed by atoms with Gasteiger partial charge in [0, 0.05) is 24.4 Å². The van der Waals surface area contributed by atoms with Crippen LogP contribution in [-0.4, -0.2) is 40.2 Å². The largest absolute Gasteiger partial charge is 0.350 e. The molecule has 37 heavy (non-hydrogen) atoms. The number of hydrogen-bond acceptors (Lipinski definition) is 6. The predicted octanol–water partition coefficient (Wildman–Crippen LogP) is 5.08. The van der Waals surface area contributed by atoms with E-state index in [4.69, 9.17) is 0 Å². The van der Waals surface area contributed by atoms with Gasteiger partial charge in [-0.05, 0) is 54.7 Å². The predicted molar refractivity (Wildman–Crippen MR) is 148 cm³/mol. The molecule has 2 atom stereocenters. The second-order valence-corrected chi connectivity index (χ2v) is 11.7. The fourth-order valence-corrected chi connectivity index (χ4v) is 6.07. The monoisotopic (exact) mass is 538 g/mol. The molecule has 0 saturated carbocycles. The molecule has 9 heteroatoms. The lowest BCUT2D eigenvalue weighted by Crippen LogP contribution is -2.50. The molecule has 1 saturated heterocycles. The third-order valence-corrected chi connectivity index (χ3v) is 8.51. The molecule has 0 aliphatic carbocycles. The summed E-state index contributed by atoms with van der Waals surface area (Å²) in [5.74, 6) is -0.120. The third-order valence-electron chi connectivity index (χ3n) is 6.60. The molecule has 0 spiro atoms. The van der Waals surface area contributed by atoms with Gasteiger partial charge in [0.25, 0.3) is 5.91 Å². The summed E-state index contributed by atoms with van der Waals surface area (Å²) in [5.41, 5.74) is 4.95. The maximum atomic E-state index is 13.6. The average molecular weight is 539 g/mol. The molecule has 0 bridgehead atoms. The van der Waals surface area contributed by atoms with Crippen molar-refractivity contribution in [2.45, 2.75) is 65.1 Å². The van der Waals surface area contributed by atoms with Crippen LogP contribution in [0.25, 0.3) is 10.4 Å². The molecular formula is C28H34N4O3S2. The van der Waals surface area contributed by atoms with Crippen LogP contribution >= 0.6 is 22.7 Å². The standard InChI is InChI=1S/C28H34N4O3S2/c1-18(2)8-13-24(33)31-25(23-7-5-15-36-23)28(35)32-14-4-6-22(32)27(34)29-16-20-9-11-21(12-10-20)26-19(3)30-17-37-26/h5,7,9-12,15,17-18,22,25H,4,6,8,13-14,16H2,1-3H3,(H,29,34)(H,31,33)/t22-,25-/m0/s1. The van der Waals surface area contributed by atoms with Crippen molar-refractivity contribution in [1.29, 1.82) is 0 Å². The summed E-state index contributed by atoms with van der Waals surface area (Å²) in [6, 6.07) is 10.5. The Bertz CT molecular complexity index is 1200. The van der Waals surface area contributed by atoms with Crippen LogP contribution in [0.1, 0.15) is 61.7 Å². The van der Waals surface area contributed by atoms with Gasteiger partial charge in [-0.2, -0.15) is 0 Å². The molecule has 196 valence electrons. The second kappa shape index (κ2) is 12.5. The number of likely N-dealkylation sites (tertiary alicyclic amines) is 1. The van der Waals surface area contributed by atoms with Crippen molar-refractivity contribution in [3.8, 4) is 10.4 Å². The molecule has 2 aromatic heterocycles. The number of carbonyl (C=O) groups is 3. The lowest BCUT2D eigenvalue weighted by atomic mass is 10.1. The number of amides is 3. The van der Waals surface area contributed by atoms with Crippen LogP contribution in [0.3, 0.4) is 0 Å². The minimum Gasteiger partial charge on any atom is -0.350 e. The van der Waals surface area contributed by atoms with Gasteiger partial charge in [-0.3, -0.25) is 14.4 Å². The summed E-state index contributed by atoms with van der Waals surface area (Å²) in [4.78, 5) is 47.2. The maximum absolute atomic E-state index is 13.6. The number of aryl methyl sites for hydroxylation is 1. The number of benzene rings is 1. The first-order valence-electron chi connectivity index (χ1n) is 12.7. The van der Waals surface area contributed by atoms with Gasteiger partial charge in [0.1, 0.15) is 12.1 Å². The summed E-state index contributed by atoms with van der Waals surface area (Å²) in [5, 5.41) is 7.84. The number of hydrogen-bond donors (Lipinski definition) is 2. The van der Waals surface area contributed by atoms with Crippen molar-refractivity contribution in [1.82, 2.24) is 20.5 Å². The van der Waals surface area contributed by atoms with Crippen molar-refractivity contribution in [3.63, 3.8) is 0 Å². The van der Waals surface area contributed by atoms with Gasteiger partial charge in [-0.25, -0.2) is 4.98 Å². The van der Waals surface area contributed by atoms with E-state index < -0.39 is 12.1 Å². The number of thiazole rings is 1. The summed E-state index contributed by atoms with van der Waals surface area (Å²) in [6.07, 6.45) is 2.50. The summed E-state index contributed by atoms with van der Waals surface area (Å²) in [6.45, 7) is 7.02. The molecule has 1 aliphatic rings. The van der Waals surface area contributed by atoms with Gasteiger partial charge in [0.2, 0.25) is 11.8 Å². The maximum Gasteiger partial charge on any atom is 0.251 e. The van der Waals surface area contributed by atoms with Crippen LogP contribution in [-0.2, 0) is 20.9 Å². The van der Waals surface area contributed by atoms with Gasteiger partial charge in [-0.15, -0.1) is 22.7 Å². The van der Waals surface area contributed by atoms with E-state index >= 15 is 0 Å². The molecule has 7 nitrogen and oxygen atoms in total. The molecular weight excluding hydrogens is 504 g/mol.